The largest absolute Gasteiger partial charge is 0.382 e. The number of halogens is 1. The summed E-state index contributed by atoms with van der Waals surface area (Å²) in [6.45, 7) is 0. The van der Waals surface area contributed by atoms with Gasteiger partial charge >= 0.3 is 0 Å². The maximum atomic E-state index is 12.9. The zero-order valence-corrected chi connectivity index (χ0v) is 9.99. The van der Waals surface area contributed by atoms with Gasteiger partial charge in [-0.15, -0.1) is 0 Å². The first-order chi connectivity index (χ1) is 9.24. The van der Waals surface area contributed by atoms with Gasteiger partial charge in [0, 0.05) is 0 Å². The Hall–Kier alpha value is -2.33. The number of para-hydroxylation sites is 2. The number of fused-ring (bicyclic) bond motifs is 1. The van der Waals surface area contributed by atoms with Crippen LogP contribution in [0.5, 0.6) is 0 Å². The fraction of sp³-hybridized carbons (Fsp3) is 0.0667. The molecule has 0 aliphatic rings. The molecule has 94 valence electrons. The Morgan fingerprint density at radius 1 is 0.947 bits per heavy atom. The average molecular weight is 254 g/mol. The summed E-state index contributed by atoms with van der Waals surface area (Å²) in [6.07, 6.45) is 0.633. The van der Waals surface area contributed by atoms with Crippen LogP contribution < -0.4 is 0 Å². The molecule has 3 rings (SSSR count). The standard InChI is InChI=1S/C15H11FN2O/c16-11-7-5-10(6-8-11)15(19)14-9-17-12-3-1-2-4-13(12)18-14/h1-9,15,19H. The molecule has 1 unspecified atom stereocenters. The van der Waals surface area contributed by atoms with E-state index >= 15 is 0 Å². The van der Waals surface area contributed by atoms with Crippen LogP contribution in [-0.4, -0.2) is 15.1 Å². The zero-order chi connectivity index (χ0) is 13.2. The molecule has 0 aliphatic carbocycles. The highest BCUT2D eigenvalue weighted by Crippen LogP contribution is 2.21. The number of aliphatic hydroxyl groups excluding tert-OH is 1. The second kappa shape index (κ2) is 4.74. The van der Waals surface area contributed by atoms with Gasteiger partial charge in [-0.1, -0.05) is 24.3 Å². The molecule has 0 aliphatic heterocycles. The second-order valence-electron chi connectivity index (χ2n) is 4.24. The van der Waals surface area contributed by atoms with E-state index in [0.29, 0.717) is 11.3 Å². The quantitative estimate of drug-likeness (QED) is 0.764. The Labute approximate surface area is 109 Å². The van der Waals surface area contributed by atoms with E-state index in [1.807, 2.05) is 24.3 Å². The molecule has 0 amide bonds. The summed E-state index contributed by atoms with van der Waals surface area (Å²) in [5.41, 5.74) is 2.54. The van der Waals surface area contributed by atoms with Gasteiger partial charge in [-0.3, -0.25) is 4.98 Å². The predicted molar refractivity (Wildman–Crippen MR) is 70.0 cm³/mol. The highest BCUT2D eigenvalue weighted by molar-refractivity contribution is 5.73. The van der Waals surface area contributed by atoms with Gasteiger partial charge in [0.15, 0.2) is 0 Å². The van der Waals surface area contributed by atoms with E-state index < -0.39 is 6.10 Å². The van der Waals surface area contributed by atoms with Gasteiger partial charge in [-0.2, -0.15) is 0 Å². The maximum absolute atomic E-state index is 12.9. The van der Waals surface area contributed by atoms with Crippen molar-refractivity contribution in [2.24, 2.45) is 0 Å². The van der Waals surface area contributed by atoms with Crippen molar-refractivity contribution in [2.45, 2.75) is 6.10 Å². The molecular weight excluding hydrogens is 243 g/mol. The first-order valence-corrected chi connectivity index (χ1v) is 5.89. The van der Waals surface area contributed by atoms with Crippen molar-refractivity contribution in [1.82, 2.24) is 9.97 Å². The van der Waals surface area contributed by atoms with Gasteiger partial charge in [0.2, 0.25) is 0 Å². The summed E-state index contributed by atoms with van der Waals surface area (Å²) >= 11 is 0. The first kappa shape index (κ1) is 11.7. The minimum absolute atomic E-state index is 0.333. The van der Waals surface area contributed by atoms with Crippen LogP contribution in [0, 0.1) is 5.82 Å². The van der Waals surface area contributed by atoms with Crippen LogP contribution in [0.4, 0.5) is 4.39 Å². The van der Waals surface area contributed by atoms with Gasteiger partial charge in [0.1, 0.15) is 11.9 Å². The van der Waals surface area contributed by atoms with Crippen LogP contribution in [0.15, 0.2) is 54.7 Å². The van der Waals surface area contributed by atoms with Gasteiger partial charge in [0.25, 0.3) is 0 Å². The number of hydrogen-bond donors (Lipinski definition) is 1. The smallest absolute Gasteiger partial charge is 0.123 e. The lowest BCUT2D eigenvalue weighted by atomic mass is 10.1. The zero-order valence-electron chi connectivity index (χ0n) is 9.99. The molecule has 1 N–H and O–H groups in total. The molecule has 2 aromatic carbocycles. The van der Waals surface area contributed by atoms with Gasteiger partial charge < -0.3 is 5.11 Å². The molecule has 0 radical (unpaired) electrons. The third-order valence-electron chi connectivity index (χ3n) is 2.93. The van der Waals surface area contributed by atoms with E-state index in [2.05, 4.69) is 9.97 Å². The second-order valence-corrected chi connectivity index (χ2v) is 4.24. The summed E-state index contributed by atoms with van der Waals surface area (Å²) in [5, 5.41) is 10.2. The Balaban J connectivity index is 2.01. The van der Waals surface area contributed by atoms with Gasteiger partial charge in [-0.25, -0.2) is 9.37 Å². The summed E-state index contributed by atoms with van der Waals surface area (Å²) in [6, 6.07) is 13.1. The Morgan fingerprint density at radius 2 is 1.63 bits per heavy atom. The number of hydrogen-bond acceptors (Lipinski definition) is 3. The van der Waals surface area contributed by atoms with Crippen molar-refractivity contribution in [2.75, 3.05) is 0 Å². The van der Waals surface area contributed by atoms with Crippen LogP contribution in [0.25, 0.3) is 11.0 Å². The minimum atomic E-state index is -0.905. The molecule has 3 aromatic rings. The normalized spacial score (nSPS) is 12.5. The van der Waals surface area contributed by atoms with Crippen LogP contribution in [0.2, 0.25) is 0 Å². The topological polar surface area (TPSA) is 46.0 Å². The molecule has 0 spiro atoms. The highest BCUT2D eigenvalue weighted by Gasteiger charge is 2.13. The van der Waals surface area contributed by atoms with Crippen molar-refractivity contribution >= 4 is 11.0 Å². The fourth-order valence-corrected chi connectivity index (χ4v) is 1.92. The first-order valence-electron chi connectivity index (χ1n) is 5.89. The van der Waals surface area contributed by atoms with E-state index in [0.717, 1.165) is 11.0 Å². The molecule has 4 heteroatoms. The van der Waals surface area contributed by atoms with E-state index in [1.165, 1.54) is 30.5 Å². The number of nitrogens with zero attached hydrogens (tertiary/aromatic N) is 2. The molecule has 3 nitrogen and oxygen atoms in total. The number of aliphatic hydroxyl groups is 1. The predicted octanol–water partition coefficient (Wildman–Crippen LogP) is 2.85. The van der Waals surface area contributed by atoms with Crippen molar-refractivity contribution in [3.63, 3.8) is 0 Å². The van der Waals surface area contributed by atoms with Crippen LogP contribution in [0.3, 0.4) is 0 Å². The van der Waals surface area contributed by atoms with Gasteiger partial charge in [-0.05, 0) is 29.8 Å². The van der Waals surface area contributed by atoms with E-state index in [-0.39, 0.29) is 5.82 Å². The lowest BCUT2D eigenvalue weighted by molar-refractivity contribution is 0.215. The van der Waals surface area contributed by atoms with Crippen molar-refractivity contribution in [3.05, 3.63) is 71.8 Å². The summed E-state index contributed by atoms with van der Waals surface area (Å²) in [5.74, 6) is -0.333. The Morgan fingerprint density at radius 3 is 2.37 bits per heavy atom. The number of rotatable bonds is 2. The van der Waals surface area contributed by atoms with Crippen molar-refractivity contribution in [3.8, 4) is 0 Å². The molecule has 1 heterocycles. The SMILES string of the molecule is OC(c1ccc(F)cc1)c1cnc2ccccc2n1. The summed E-state index contributed by atoms with van der Waals surface area (Å²) < 4.78 is 12.9. The molecule has 0 bridgehead atoms. The Kier molecular flexibility index (Phi) is 2.93. The van der Waals surface area contributed by atoms with E-state index in [4.69, 9.17) is 0 Å². The van der Waals surface area contributed by atoms with E-state index in [1.54, 1.807) is 0 Å². The molecule has 1 aromatic heterocycles. The third kappa shape index (κ3) is 2.30. The monoisotopic (exact) mass is 254 g/mol. The van der Waals surface area contributed by atoms with Crippen LogP contribution in [0.1, 0.15) is 17.4 Å². The van der Waals surface area contributed by atoms with Crippen LogP contribution >= 0.6 is 0 Å². The minimum Gasteiger partial charge on any atom is -0.382 e. The number of benzene rings is 2. The van der Waals surface area contributed by atoms with Crippen molar-refractivity contribution in [1.29, 1.82) is 0 Å². The Bertz CT molecular complexity index is 713. The van der Waals surface area contributed by atoms with E-state index in [9.17, 15) is 9.50 Å². The van der Waals surface area contributed by atoms with Crippen LogP contribution in [-0.2, 0) is 0 Å². The molecular formula is C15H11FN2O. The van der Waals surface area contributed by atoms with Gasteiger partial charge in [0.05, 0.1) is 22.9 Å². The molecule has 0 fully saturated rings. The molecule has 19 heavy (non-hydrogen) atoms. The molecule has 0 saturated heterocycles. The summed E-state index contributed by atoms with van der Waals surface area (Å²) in [4.78, 5) is 8.62. The summed E-state index contributed by atoms with van der Waals surface area (Å²) in [7, 11) is 0. The van der Waals surface area contributed by atoms with Crippen molar-refractivity contribution < 1.29 is 9.50 Å². The lowest BCUT2D eigenvalue weighted by Gasteiger charge is -2.10. The maximum Gasteiger partial charge on any atom is 0.123 e. The molecule has 0 saturated carbocycles. The lowest BCUT2D eigenvalue weighted by Crippen LogP contribution is -2.03. The highest BCUT2D eigenvalue weighted by atomic mass is 19.1. The third-order valence-corrected chi connectivity index (χ3v) is 2.93. The molecule has 1 atom stereocenters. The number of aromatic nitrogens is 2. The fourth-order valence-electron chi connectivity index (χ4n) is 1.92. The average Bonchev–Trinajstić information content (AvgIpc) is 2.47.